The molecule has 0 fully saturated rings. The van der Waals surface area contributed by atoms with Crippen molar-refractivity contribution in [2.24, 2.45) is 0 Å². The first kappa shape index (κ1) is 32.3. The molecule has 8 aromatic carbocycles. The number of hydrogen-bond donors (Lipinski definition) is 0. The first-order valence-electron chi connectivity index (χ1n) is 17.0. The summed E-state index contributed by atoms with van der Waals surface area (Å²) in [6, 6.07) is 60.6. The van der Waals surface area contributed by atoms with Gasteiger partial charge in [-0.15, -0.1) is 0 Å². The van der Waals surface area contributed by atoms with Gasteiger partial charge in [-0.25, -0.2) is 4.85 Å². The Kier molecular flexibility index (Phi) is 8.37. The van der Waals surface area contributed by atoms with Gasteiger partial charge in [0.1, 0.15) is 0 Å². The van der Waals surface area contributed by atoms with Crippen LogP contribution >= 0.6 is 0 Å². The molecule has 0 N–H and O–H groups in total. The van der Waals surface area contributed by atoms with Crippen molar-refractivity contribution >= 4 is 44.3 Å². The van der Waals surface area contributed by atoms with Gasteiger partial charge in [-0.1, -0.05) is 103 Å². The molecule has 53 heavy (non-hydrogen) atoms. The van der Waals surface area contributed by atoms with Gasteiger partial charge in [0.05, 0.1) is 41.5 Å². The summed E-state index contributed by atoms with van der Waals surface area (Å²) in [6.45, 7) is 7.63. The highest BCUT2D eigenvalue weighted by Crippen LogP contribution is 2.40. The highest BCUT2D eigenvalue weighted by Gasteiger charge is 2.16. The largest absolute Gasteiger partial charge is 0.311 e. The maximum absolute atomic E-state index is 9.70. The first-order chi connectivity index (χ1) is 26.1. The van der Waals surface area contributed by atoms with Crippen LogP contribution in [0.5, 0.6) is 0 Å². The minimum Gasteiger partial charge on any atom is -0.311 e. The molecule has 0 aromatic heterocycles. The predicted octanol–water partition coefficient (Wildman–Crippen LogP) is 12.6. The van der Waals surface area contributed by atoms with E-state index < -0.39 is 0 Å². The lowest BCUT2D eigenvalue weighted by molar-refractivity contribution is 1.28. The van der Waals surface area contributed by atoms with Crippen molar-refractivity contribution in [3.63, 3.8) is 0 Å². The average Bonchev–Trinajstić information content (AvgIpc) is 3.23. The quantitative estimate of drug-likeness (QED) is 0.165. The second-order valence-electron chi connectivity index (χ2n) is 12.6. The zero-order valence-corrected chi connectivity index (χ0v) is 28.3. The van der Waals surface area contributed by atoms with E-state index >= 15 is 0 Å². The van der Waals surface area contributed by atoms with E-state index in [1.165, 1.54) is 0 Å². The van der Waals surface area contributed by atoms with Crippen LogP contribution < -0.4 is 4.90 Å². The van der Waals surface area contributed by atoms with Crippen LogP contribution in [-0.4, -0.2) is 0 Å². The van der Waals surface area contributed by atoms with Gasteiger partial charge in [0, 0.05) is 22.4 Å². The lowest BCUT2D eigenvalue weighted by atomic mass is 9.95. The number of nitriles is 3. The van der Waals surface area contributed by atoms with Crippen LogP contribution in [0.15, 0.2) is 164 Å². The van der Waals surface area contributed by atoms with E-state index in [4.69, 9.17) is 6.57 Å². The number of nitrogens with zero attached hydrogens (tertiary/aromatic N) is 5. The molecule has 0 atom stereocenters. The fraction of sp³-hybridized carbons (Fsp3) is 0. The van der Waals surface area contributed by atoms with E-state index in [-0.39, 0.29) is 0 Å². The molecule has 0 spiro atoms. The topological polar surface area (TPSA) is 79.0 Å². The van der Waals surface area contributed by atoms with Crippen LogP contribution in [0.3, 0.4) is 0 Å². The van der Waals surface area contributed by atoms with E-state index in [0.29, 0.717) is 22.4 Å². The molecule has 244 valence electrons. The number of anilines is 3. The van der Waals surface area contributed by atoms with Crippen molar-refractivity contribution < 1.29 is 0 Å². The van der Waals surface area contributed by atoms with Crippen molar-refractivity contribution in [3.8, 4) is 51.6 Å². The molecule has 0 aliphatic heterocycles. The van der Waals surface area contributed by atoms with Gasteiger partial charge < -0.3 is 4.90 Å². The maximum atomic E-state index is 9.70. The predicted molar refractivity (Wildman–Crippen MR) is 213 cm³/mol. The number of fused-ring (bicyclic) bond motifs is 2. The van der Waals surface area contributed by atoms with E-state index in [1.807, 2.05) is 84.9 Å². The molecule has 0 bridgehead atoms. The third-order valence-electron chi connectivity index (χ3n) is 9.59. The number of benzene rings is 8. The third-order valence-corrected chi connectivity index (χ3v) is 9.59. The van der Waals surface area contributed by atoms with Crippen LogP contribution in [-0.2, 0) is 0 Å². The fourth-order valence-corrected chi connectivity index (χ4v) is 7.03. The van der Waals surface area contributed by atoms with Crippen LogP contribution in [0.2, 0.25) is 0 Å². The molecular formula is C48H27N5. The van der Waals surface area contributed by atoms with E-state index in [2.05, 4.69) is 88.6 Å². The molecule has 0 heterocycles. The molecule has 0 saturated heterocycles. The molecule has 0 aliphatic carbocycles. The lowest BCUT2D eigenvalue weighted by Gasteiger charge is -2.26. The molecule has 5 nitrogen and oxygen atoms in total. The Morgan fingerprint density at radius 2 is 0.868 bits per heavy atom. The summed E-state index contributed by atoms with van der Waals surface area (Å²) < 4.78 is 0. The monoisotopic (exact) mass is 673 g/mol. The van der Waals surface area contributed by atoms with E-state index in [0.717, 1.165) is 72.0 Å². The number of rotatable bonds is 6. The summed E-state index contributed by atoms with van der Waals surface area (Å²) in [5.41, 5.74) is 10.9. The van der Waals surface area contributed by atoms with Gasteiger partial charge >= 0.3 is 0 Å². The average molecular weight is 674 g/mol. The summed E-state index contributed by atoms with van der Waals surface area (Å²) in [6.07, 6.45) is 0. The molecule has 8 rings (SSSR count). The Morgan fingerprint density at radius 3 is 1.36 bits per heavy atom. The Labute approximate surface area is 307 Å². The van der Waals surface area contributed by atoms with E-state index in [9.17, 15) is 15.8 Å². The summed E-state index contributed by atoms with van der Waals surface area (Å²) in [5, 5.41) is 32.7. The molecule has 0 radical (unpaired) electrons. The van der Waals surface area contributed by atoms with Gasteiger partial charge in [-0.3, -0.25) is 0 Å². The Balaban J connectivity index is 1.21. The second-order valence-corrected chi connectivity index (χ2v) is 12.6. The van der Waals surface area contributed by atoms with Crippen molar-refractivity contribution in [1.29, 1.82) is 15.8 Å². The Bertz CT molecular complexity index is 2690. The fourth-order valence-electron chi connectivity index (χ4n) is 7.03. The summed E-state index contributed by atoms with van der Waals surface area (Å²) in [5.74, 6) is 0. The first-order valence-corrected chi connectivity index (χ1v) is 17.0. The summed E-state index contributed by atoms with van der Waals surface area (Å²) >= 11 is 0. The molecule has 5 heteroatoms. The van der Waals surface area contributed by atoms with Gasteiger partial charge in [0.25, 0.3) is 0 Å². The normalized spacial score (nSPS) is 10.6. The zero-order chi connectivity index (χ0) is 36.3. The van der Waals surface area contributed by atoms with Gasteiger partial charge in [0.15, 0.2) is 5.69 Å². The van der Waals surface area contributed by atoms with Crippen molar-refractivity contribution in [1.82, 2.24) is 0 Å². The third kappa shape index (κ3) is 5.98. The summed E-state index contributed by atoms with van der Waals surface area (Å²) in [7, 11) is 0. The molecule has 0 amide bonds. The maximum Gasteiger partial charge on any atom is 0.194 e. The van der Waals surface area contributed by atoms with Crippen molar-refractivity contribution in [2.75, 3.05) is 4.90 Å². The van der Waals surface area contributed by atoms with Crippen molar-refractivity contribution in [2.45, 2.75) is 0 Å². The molecule has 0 aliphatic rings. The zero-order valence-electron chi connectivity index (χ0n) is 28.3. The lowest BCUT2D eigenvalue weighted by Crippen LogP contribution is -2.09. The number of hydrogen-bond acceptors (Lipinski definition) is 4. The highest BCUT2D eigenvalue weighted by molar-refractivity contribution is 6.04. The van der Waals surface area contributed by atoms with Gasteiger partial charge in [-0.05, 0) is 110 Å². The van der Waals surface area contributed by atoms with Gasteiger partial charge in [0.2, 0.25) is 0 Å². The SMILES string of the molecule is [C-]#[N+]c1ccc(-c2ccc(N(c3ccc(-c4cc(C#N)cc(C#N)c4)cc3)c3ccc(-c4ccc(C#N)c5ccccc45)cc3)cc2)c2ccccc12. The Hall–Kier alpha value is -7.96. The van der Waals surface area contributed by atoms with Gasteiger partial charge in [-0.2, -0.15) is 15.8 Å². The van der Waals surface area contributed by atoms with E-state index in [1.54, 1.807) is 18.2 Å². The smallest absolute Gasteiger partial charge is 0.194 e. The molecule has 8 aromatic rings. The molecule has 0 unspecified atom stereocenters. The van der Waals surface area contributed by atoms with Crippen molar-refractivity contribution in [3.05, 3.63) is 192 Å². The molecular weight excluding hydrogens is 647 g/mol. The Morgan fingerprint density at radius 1 is 0.415 bits per heavy atom. The summed E-state index contributed by atoms with van der Waals surface area (Å²) in [4.78, 5) is 5.93. The van der Waals surface area contributed by atoms with Crippen LogP contribution in [0.1, 0.15) is 16.7 Å². The minimum absolute atomic E-state index is 0.441. The minimum atomic E-state index is 0.441. The standard InChI is InChI=1S/C48H27N5/c1-52-48-25-24-44(46-8-4-5-9-47(46)48)36-14-21-41(22-15-36)53(39-17-10-34(11-18-39)38-27-32(29-49)26-33(28-38)30-50)40-19-12-35(13-20-40)43-23-16-37(31-51)42-6-2-3-7-45(42)43/h2-28H. The van der Waals surface area contributed by atoms with Crippen LogP contribution in [0.4, 0.5) is 22.7 Å². The van der Waals surface area contributed by atoms with Crippen LogP contribution in [0, 0.1) is 40.6 Å². The van der Waals surface area contributed by atoms with Crippen LogP contribution in [0.25, 0.3) is 59.8 Å². The second kappa shape index (κ2) is 13.7. The molecule has 0 saturated carbocycles. The highest BCUT2D eigenvalue weighted by atomic mass is 15.1.